The number of hydrogen-bond acceptors (Lipinski definition) is 4. The Morgan fingerprint density at radius 2 is 2.17 bits per heavy atom. The highest BCUT2D eigenvalue weighted by Gasteiger charge is 2.42. The Bertz CT molecular complexity index is 561. The first-order valence-corrected chi connectivity index (χ1v) is 8.12. The van der Waals surface area contributed by atoms with E-state index in [0.29, 0.717) is 6.54 Å². The Hall–Kier alpha value is -1.76. The van der Waals surface area contributed by atoms with Gasteiger partial charge in [0.15, 0.2) is 0 Å². The van der Waals surface area contributed by atoms with Crippen LogP contribution in [0.2, 0.25) is 0 Å². The summed E-state index contributed by atoms with van der Waals surface area (Å²) >= 11 is 0. The SMILES string of the molecule is O=C(NCc1ccnc(N2CCCCC2)c1)C1CC(F)(F)CN1. The second kappa shape index (κ2) is 6.78. The van der Waals surface area contributed by atoms with Crippen molar-refractivity contribution < 1.29 is 13.6 Å². The Balaban J connectivity index is 1.55. The highest BCUT2D eigenvalue weighted by Crippen LogP contribution is 2.25. The zero-order valence-electron chi connectivity index (χ0n) is 13.0. The number of carbonyl (C=O) groups is 1. The molecule has 1 atom stereocenters. The molecule has 2 N–H and O–H groups in total. The number of nitrogens with one attached hydrogen (secondary N) is 2. The molecule has 2 aliphatic rings. The zero-order valence-corrected chi connectivity index (χ0v) is 13.0. The molecule has 3 heterocycles. The Labute approximate surface area is 134 Å². The molecule has 0 bridgehead atoms. The third-order valence-corrected chi connectivity index (χ3v) is 4.38. The van der Waals surface area contributed by atoms with Gasteiger partial charge in [-0.2, -0.15) is 0 Å². The van der Waals surface area contributed by atoms with E-state index in [9.17, 15) is 13.6 Å². The third kappa shape index (κ3) is 4.16. The first-order chi connectivity index (χ1) is 11.0. The van der Waals surface area contributed by atoms with Crippen molar-refractivity contribution in [3.05, 3.63) is 23.9 Å². The summed E-state index contributed by atoms with van der Waals surface area (Å²) in [7, 11) is 0. The maximum absolute atomic E-state index is 13.1. The number of pyridine rings is 1. The minimum Gasteiger partial charge on any atom is -0.357 e. The van der Waals surface area contributed by atoms with Crippen LogP contribution >= 0.6 is 0 Å². The summed E-state index contributed by atoms with van der Waals surface area (Å²) in [6.07, 6.45) is 4.89. The molecule has 7 heteroatoms. The number of rotatable bonds is 4. The van der Waals surface area contributed by atoms with E-state index >= 15 is 0 Å². The van der Waals surface area contributed by atoms with Crippen LogP contribution in [-0.2, 0) is 11.3 Å². The van der Waals surface area contributed by atoms with Crippen molar-refractivity contribution in [1.29, 1.82) is 0 Å². The van der Waals surface area contributed by atoms with Crippen molar-refractivity contribution in [1.82, 2.24) is 15.6 Å². The van der Waals surface area contributed by atoms with Crippen LogP contribution in [0.1, 0.15) is 31.2 Å². The largest absolute Gasteiger partial charge is 0.357 e. The molecule has 0 aliphatic carbocycles. The van der Waals surface area contributed by atoms with Gasteiger partial charge in [-0.3, -0.25) is 10.1 Å². The average Bonchev–Trinajstić information content (AvgIpc) is 2.94. The molecule has 3 rings (SSSR count). The summed E-state index contributed by atoms with van der Waals surface area (Å²) in [5.41, 5.74) is 0.929. The monoisotopic (exact) mass is 324 g/mol. The standard InChI is InChI=1S/C16H22F2N4O/c17-16(18)9-13(21-11-16)15(23)20-10-12-4-5-19-14(8-12)22-6-2-1-3-7-22/h4-5,8,13,21H,1-3,6-7,9-11H2,(H,20,23). The molecule has 0 aromatic carbocycles. The molecule has 126 valence electrons. The van der Waals surface area contributed by atoms with E-state index < -0.39 is 24.9 Å². The fraction of sp³-hybridized carbons (Fsp3) is 0.625. The van der Waals surface area contributed by atoms with Gasteiger partial charge in [-0.1, -0.05) is 0 Å². The number of hydrogen-bond donors (Lipinski definition) is 2. The molecule has 0 spiro atoms. The fourth-order valence-electron chi connectivity index (χ4n) is 3.08. The van der Waals surface area contributed by atoms with Crippen molar-refractivity contribution in [3.63, 3.8) is 0 Å². The summed E-state index contributed by atoms with van der Waals surface area (Å²) in [6.45, 7) is 1.90. The van der Waals surface area contributed by atoms with Crippen molar-refractivity contribution >= 4 is 11.7 Å². The maximum Gasteiger partial charge on any atom is 0.262 e. The van der Waals surface area contributed by atoms with Crippen LogP contribution in [-0.4, -0.2) is 42.5 Å². The molecule has 0 saturated carbocycles. The lowest BCUT2D eigenvalue weighted by Gasteiger charge is -2.28. The molecule has 2 aliphatic heterocycles. The van der Waals surface area contributed by atoms with Gasteiger partial charge in [-0.25, -0.2) is 13.8 Å². The van der Waals surface area contributed by atoms with Crippen LogP contribution in [0.25, 0.3) is 0 Å². The number of aromatic nitrogens is 1. The number of carbonyl (C=O) groups excluding carboxylic acids is 1. The molecule has 1 unspecified atom stereocenters. The topological polar surface area (TPSA) is 57.3 Å². The van der Waals surface area contributed by atoms with Crippen molar-refractivity contribution in [2.75, 3.05) is 24.5 Å². The summed E-state index contributed by atoms with van der Waals surface area (Å²) in [6, 6.07) is 2.99. The van der Waals surface area contributed by atoms with Crippen LogP contribution in [0.5, 0.6) is 0 Å². The van der Waals surface area contributed by atoms with Gasteiger partial charge >= 0.3 is 0 Å². The van der Waals surface area contributed by atoms with E-state index in [1.807, 2.05) is 12.1 Å². The molecule has 1 aromatic rings. The van der Waals surface area contributed by atoms with Gasteiger partial charge in [0, 0.05) is 32.3 Å². The normalized spacial score (nSPS) is 23.7. The van der Waals surface area contributed by atoms with E-state index in [1.54, 1.807) is 6.20 Å². The minimum absolute atomic E-state index is 0.325. The van der Waals surface area contributed by atoms with Crippen LogP contribution in [0, 0.1) is 0 Å². The van der Waals surface area contributed by atoms with Gasteiger partial charge in [0.05, 0.1) is 12.6 Å². The Morgan fingerprint density at radius 3 is 2.87 bits per heavy atom. The first-order valence-electron chi connectivity index (χ1n) is 8.12. The molecular weight excluding hydrogens is 302 g/mol. The van der Waals surface area contributed by atoms with Crippen LogP contribution < -0.4 is 15.5 Å². The summed E-state index contributed by atoms with van der Waals surface area (Å²) in [4.78, 5) is 18.6. The molecule has 2 fully saturated rings. The fourth-order valence-corrected chi connectivity index (χ4v) is 3.08. The van der Waals surface area contributed by atoms with Gasteiger partial charge < -0.3 is 10.2 Å². The average molecular weight is 324 g/mol. The third-order valence-electron chi connectivity index (χ3n) is 4.38. The predicted octanol–water partition coefficient (Wildman–Crippen LogP) is 1.69. The number of amides is 1. The number of halogens is 2. The predicted molar refractivity (Wildman–Crippen MR) is 83.5 cm³/mol. The number of anilines is 1. The van der Waals surface area contributed by atoms with Crippen molar-refractivity contribution in [2.24, 2.45) is 0 Å². The number of alkyl halides is 2. The maximum atomic E-state index is 13.1. The molecule has 23 heavy (non-hydrogen) atoms. The zero-order chi connectivity index (χ0) is 16.3. The second-order valence-corrected chi connectivity index (χ2v) is 6.28. The van der Waals surface area contributed by atoms with Crippen LogP contribution in [0.4, 0.5) is 14.6 Å². The van der Waals surface area contributed by atoms with E-state index in [-0.39, 0.29) is 5.91 Å². The molecule has 1 amide bonds. The first kappa shape index (κ1) is 16.1. The van der Waals surface area contributed by atoms with E-state index in [0.717, 1.165) is 24.5 Å². The van der Waals surface area contributed by atoms with Crippen LogP contribution in [0.3, 0.4) is 0 Å². The highest BCUT2D eigenvalue weighted by atomic mass is 19.3. The molecule has 2 saturated heterocycles. The summed E-state index contributed by atoms with van der Waals surface area (Å²) in [5.74, 6) is -2.25. The summed E-state index contributed by atoms with van der Waals surface area (Å²) < 4.78 is 26.2. The lowest BCUT2D eigenvalue weighted by Crippen LogP contribution is -2.40. The van der Waals surface area contributed by atoms with E-state index in [4.69, 9.17) is 0 Å². The van der Waals surface area contributed by atoms with Gasteiger partial charge in [0.1, 0.15) is 5.82 Å². The highest BCUT2D eigenvalue weighted by molar-refractivity contribution is 5.82. The summed E-state index contributed by atoms with van der Waals surface area (Å²) in [5, 5.41) is 5.29. The quantitative estimate of drug-likeness (QED) is 0.885. The van der Waals surface area contributed by atoms with Crippen molar-refractivity contribution in [3.8, 4) is 0 Å². The smallest absolute Gasteiger partial charge is 0.262 e. The van der Waals surface area contributed by atoms with Crippen LogP contribution in [0.15, 0.2) is 18.3 Å². The van der Waals surface area contributed by atoms with Gasteiger partial charge in [-0.15, -0.1) is 0 Å². The Kier molecular flexibility index (Phi) is 4.75. The minimum atomic E-state index is -2.79. The van der Waals surface area contributed by atoms with E-state index in [1.165, 1.54) is 19.3 Å². The lowest BCUT2D eigenvalue weighted by molar-refractivity contribution is -0.123. The van der Waals surface area contributed by atoms with Gasteiger partial charge in [-0.05, 0) is 37.0 Å². The molecular formula is C16H22F2N4O. The Morgan fingerprint density at radius 1 is 1.39 bits per heavy atom. The van der Waals surface area contributed by atoms with Gasteiger partial charge in [0.25, 0.3) is 5.92 Å². The number of piperidine rings is 1. The lowest BCUT2D eigenvalue weighted by atomic mass is 10.1. The van der Waals surface area contributed by atoms with Gasteiger partial charge in [0.2, 0.25) is 5.91 Å². The van der Waals surface area contributed by atoms with Crippen molar-refractivity contribution in [2.45, 2.75) is 44.2 Å². The molecule has 5 nitrogen and oxygen atoms in total. The molecule has 1 aromatic heterocycles. The molecule has 0 radical (unpaired) electrons. The second-order valence-electron chi connectivity index (χ2n) is 6.28. The number of nitrogens with zero attached hydrogens (tertiary/aromatic N) is 2. The van der Waals surface area contributed by atoms with E-state index in [2.05, 4.69) is 20.5 Å².